The molecule has 3 aromatic rings. The van der Waals surface area contributed by atoms with Crippen molar-refractivity contribution in [2.24, 2.45) is 7.05 Å². The number of aryl methyl sites for hydroxylation is 1. The first kappa shape index (κ1) is 15.1. The van der Waals surface area contributed by atoms with Gasteiger partial charge in [0.2, 0.25) is 0 Å². The third kappa shape index (κ3) is 2.55. The van der Waals surface area contributed by atoms with Gasteiger partial charge in [0.05, 0.1) is 11.4 Å². The molecule has 1 aromatic heterocycles. The Kier molecular flexibility index (Phi) is 3.53. The van der Waals surface area contributed by atoms with Crippen molar-refractivity contribution in [3.8, 4) is 17.0 Å². The first-order chi connectivity index (χ1) is 11.5. The van der Waals surface area contributed by atoms with E-state index in [0.717, 1.165) is 34.3 Å². The number of halogens is 3. The summed E-state index contributed by atoms with van der Waals surface area (Å²) in [6.07, 6.45) is 0.330. The zero-order valence-corrected chi connectivity index (χ0v) is 13.6. The summed E-state index contributed by atoms with van der Waals surface area (Å²) in [5, 5.41) is 5.14. The van der Waals surface area contributed by atoms with E-state index in [1.54, 1.807) is 10.7 Å². The van der Waals surface area contributed by atoms with Crippen LogP contribution in [0.4, 0.5) is 8.78 Å². The van der Waals surface area contributed by atoms with Gasteiger partial charge >= 0.3 is 0 Å². The Morgan fingerprint density at radius 3 is 2.67 bits per heavy atom. The molecule has 3 nitrogen and oxygen atoms in total. The van der Waals surface area contributed by atoms with Gasteiger partial charge in [0.1, 0.15) is 24.0 Å². The van der Waals surface area contributed by atoms with E-state index in [2.05, 4.69) is 5.10 Å². The Balaban J connectivity index is 1.79. The topological polar surface area (TPSA) is 27.1 Å². The van der Waals surface area contributed by atoms with Crippen LogP contribution in [0.25, 0.3) is 11.3 Å². The molecule has 2 aromatic carbocycles. The molecule has 0 bridgehead atoms. The second-order valence-corrected chi connectivity index (χ2v) is 6.22. The maximum Gasteiger partial charge on any atom is 0.129 e. The van der Waals surface area contributed by atoms with Gasteiger partial charge in [0.15, 0.2) is 0 Å². The molecule has 24 heavy (non-hydrogen) atoms. The third-order valence-electron chi connectivity index (χ3n) is 4.09. The summed E-state index contributed by atoms with van der Waals surface area (Å²) in [5.41, 5.74) is 3.98. The van der Waals surface area contributed by atoms with Crippen LogP contribution in [0.15, 0.2) is 36.4 Å². The van der Waals surface area contributed by atoms with E-state index in [1.807, 2.05) is 19.2 Å². The Bertz CT molecular complexity index is 932. The van der Waals surface area contributed by atoms with E-state index < -0.39 is 11.6 Å². The van der Waals surface area contributed by atoms with Gasteiger partial charge in [-0.05, 0) is 35.9 Å². The Hall–Kier alpha value is -2.40. The molecule has 0 unspecified atom stereocenters. The van der Waals surface area contributed by atoms with Gasteiger partial charge in [0, 0.05) is 35.7 Å². The van der Waals surface area contributed by atoms with Gasteiger partial charge in [-0.25, -0.2) is 8.78 Å². The molecule has 0 amide bonds. The van der Waals surface area contributed by atoms with Gasteiger partial charge in [-0.15, -0.1) is 0 Å². The van der Waals surface area contributed by atoms with Crippen molar-refractivity contribution in [2.45, 2.75) is 13.0 Å². The molecule has 1 aliphatic rings. The molecule has 0 spiro atoms. The highest BCUT2D eigenvalue weighted by Crippen LogP contribution is 2.40. The normalized spacial score (nSPS) is 12.5. The highest BCUT2D eigenvalue weighted by Gasteiger charge is 2.25. The molecule has 0 atom stereocenters. The molecule has 0 N–H and O–H groups in total. The van der Waals surface area contributed by atoms with Gasteiger partial charge in [-0.3, -0.25) is 4.68 Å². The van der Waals surface area contributed by atoms with Crippen LogP contribution in [-0.4, -0.2) is 9.78 Å². The molecule has 1 aliphatic heterocycles. The van der Waals surface area contributed by atoms with Crippen LogP contribution in [0.3, 0.4) is 0 Å². The molecule has 0 aliphatic carbocycles. The number of nitrogens with zero attached hydrogens (tertiary/aromatic N) is 2. The predicted octanol–water partition coefficient (Wildman–Crippen LogP) is 4.50. The van der Waals surface area contributed by atoms with Crippen molar-refractivity contribution in [1.29, 1.82) is 0 Å². The van der Waals surface area contributed by atoms with E-state index in [0.29, 0.717) is 23.6 Å². The summed E-state index contributed by atoms with van der Waals surface area (Å²) >= 11 is 6.10. The van der Waals surface area contributed by atoms with E-state index in [9.17, 15) is 8.78 Å². The first-order valence-corrected chi connectivity index (χ1v) is 7.81. The Morgan fingerprint density at radius 1 is 1.17 bits per heavy atom. The summed E-state index contributed by atoms with van der Waals surface area (Å²) < 4.78 is 34.4. The minimum Gasteiger partial charge on any atom is -0.488 e. The first-order valence-electron chi connectivity index (χ1n) is 7.43. The van der Waals surface area contributed by atoms with Gasteiger partial charge in [-0.1, -0.05) is 11.6 Å². The zero-order chi connectivity index (χ0) is 16.8. The zero-order valence-electron chi connectivity index (χ0n) is 12.8. The largest absolute Gasteiger partial charge is 0.488 e. The number of benzene rings is 2. The molecule has 6 heteroatoms. The van der Waals surface area contributed by atoms with E-state index in [-0.39, 0.29) is 0 Å². The highest BCUT2D eigenvalue weighted by atomic mass is 35.5. The quantitative estimate of drug-likeness (QED) is 0.683. The fourth-order valence-electron chi connectivity index (χ4n) is 3.12. The predicted molar refractivity (Wildman–Crippen MR) is 87.2 cm³/mol. The van der Waals surface area contributed by atoms with Crippen molar-refractivity contribution < 1.29 is 13.5 Å². The summed E-state index contributed by atoms with van der Waals surface area (Å²) in [6, 6.07) is 8.94. The van der Waals surface area contributed by atoms with Crippen LogP contribution in [0.2, 0.25) is 5.02 Å². The molecular weight excluding hydrogens is 334 g/mol. The van der Waals surface area contributed by atoms with Crippen molar-refractivity contribution in [2.75, 3.05) is 0 Å². The van der Waals surface area contributed by atoms with Crippen molar-refractivity contribution in [3.63, 3.8) is 0 Å². The second kappa shape index (κ2) is 5.60. The van der Waals surface area contributed by atoms with Crippen molar-refractivity contribution >= 4 is 11.6 Å². The van der Waals surface area contributed by atoms with Gasteiger partial charge in [0.25, 0.3) is 0 Å². The van der Waals surface area contributed by atoms with E-state index >= 15 is 0 Å². The summed E-state index contributed by atoms with van der Waals surface area (Å²) in [6.45, 7) is 0.366. The fourth-order valence-corrected chi connectivity index (χ4v) is 3.30. The Labute approximate surface area is 142 Å². The third-order valence-corrected chi connectivity index (χ3v) is 4.33. The van der Waals surface area contributed by atoms with Gasteiger partial charge < -0.3 is 4.74 Å². The Morgan fingerprint density at radius 2 is 1.92 bits per heavy atom. The number of rotatable bonds is 2. The summed E-state index contributed by atoms with van der Waals surface area (Å²) in [5.74, 6) is -0.440. The number of ether oxygens (including phenoxy) is 1. The lowest BCUT2D eigenvalue weighted by atomic mass is 9.99. The molecule has 4 rings (SSSR count). The minimum absolute atomic E-state index is 0.330. The van der Waals surface area contributed by atoms with Crippen molar-refractivity contribution in [3.05, 3.63) is 69.9 Å². The summed E-state index contributed by atoms with van der Waals surface area (Å²) in [4.78, 5) is 0. The van der Waals surface area contributed by atoms with Crippen LogP contribution in [-0.2, 0) is 20.1 Å². The molecule has 122 valence electrons. The lowest BCUT2D eigenvalue weighted by Crippen LogP contribution is -2.07. The molecule has 0 saturated carbocycles. The van der Waals surface area contributed by atoms with Crippen LogP contribution >= 0.6 is 11.6 Å². The van der Waals surface area contributed by atoms with Crippen molar-refractivity contribution in [1.82, 2.24) is 9.78 Å². The molecule has 0 radical (unpaired) electrons. The van der Waals surface area contributed by atoms with E-state index in [4.69, 9.17) is 16.3 Å². The smallest absolute Gasteiger partial charge is 0.129 e. The van der Waals surface area contributed by atoms with Crippen LogP contribution < -0.4 is 4.74 Å². The lowest BCUT2D eigenvalue weighted by Gasteiger charge is -2.19. The number of hydrogen-bond donors (Lipinski definition) is 0. The average Bonchev–Trinajstić information content (AvgIpc) is 2.82. The van der Waals surface area contributed by atoms with Gasteiger partial charge in [-0.2, -0.15) is 5.10 Å². The minimum atomic E-state index is -0.594. The number of fused-ring (bicyclic) bond motifs is 3. The molecular formula is C18H13ClF2N2O. The maximum atomic E-state index is 13.4. The summed E-state index contributed by atoms with van der Waals surface area (Å²) in [7, 11) is 1.84. The molecule has 2 heterocycles. The lowest BCUT2D eigenvalue weighted by molar-refractivity contribution is 0.301. The van der Waals surface area contributed by atoms with E-state index in [1.165, 1.54) is 12.1 Å². The highest BCUT2D eigenvalue weighted by molar-refractivity contribution is 6.31. The standard InChI is InChI=1S/C18H13ClF2N2O/c1-23-18-14-7-11(19)2-3-17(14)24-9-15(18)16(22-23)6-10-4-12(20)8-13(21)5-10/h2-5,7-8H,6,9H2,1H3. The van der Waals surface area contributed by atoms with Crippen LogP contribution in [0, 0.1) is 11.6 Å². The van der Waals surface area contributed by atoms with Crippen LogP contribution in [0.1, 0.15) is 16.8 Å². The SMILES string of the molecule is Cn1nc(Cc2cc(F)cc(F)c2)c2c1-c1cc(Cl)ccc1OC2. The number of aromatic nitrogens is 2. The molecule has 0 fully saturated rings. The van der Waals surface area contributed by atoms with Crippen LogP contribution in [0.5, 0.6) is 5.75 Å². The molecule has 0 saturated heterocycles. The average molecular weight is 347 g/mol. The fraction of sp³-hybridized carbons (Fsp3) is 0.167. The number of hydrogen-bond acceptors (Lipinski definition) is 2. The maximum absolute atomic E-state index is 13.4. The second-order valence-electron chi connectivity index (χ2n) is 5.78. The monoisotopic (exact) mass is 346 g/mol.